The highest BCUT2D eigenvalue weighted by Gasteiger charge is 2.32. The first-order chi connectivity index (χ1) is 10.1. The molecule has 7 nitrogen and oxygen atoms in total. The Morgan fingerprint density at radius 2 is 1.73 bits per heavy atom. The minimum absolute atomic E-state index is 0.0479. The highest BCUT2D eigenvalue weighted by molar-refractivity contribution is 7.91. The molecule has 0 aromatic carbocycles. The van der Waals surface area contributed by atoms with Crippen molar-refractivity contribution in [2.45, 2.75) is 25.8 Å². The van der Waals surface area contributed by atoms with Crippen molar-refractivity contribution in [2.24, 2.45) is 0 Å². The number of nitrogens with zero attached hydrogens (tertiary/aromatic N) is 3. The van der Waals surface area contributed by atoms with Gasteiger partial charge in [0.05, 0.1) is 11.5 Å². The summed E-state index contributed by atoms with van der Waals surface area (Å²) in [6, 6.07) is -0.231. The number of likely N-dealkylation sites (N-methyl/N-ethyl adjacent to an activating group) is 1. The Bertz CT molecular complexity index is 504. The maximum atomic E-state index is 12.2. The van der Waals surface area contributed by atoms with Crippen molar-refractivity contribution in [3.8, 4) is 0 Å². The zero-order valence-electron chi connectivity index (χ0n) is 13.9. The highest BCUT2D eigenvalue weighted by Crippen LogP contribution is 2.17. The largest absolute Gasteiger partial charge is 0.342 e. The van der Waals surface area contributed by atoms with Gasteiger partial charge in [-0.3, -0.25) is 9.59 Å². The van der Waals surface area contributed by atoms with Crippen LogP contribution in [0.4, 0.5) is 0 Å². The van der Waals surface area contributed by atoms with Crippen LogP contribution < -0.4 is 0 Å². The Hall–Kier alpha value is -1.15. The molecule has 0 aromatic rings. The molecule has 0 aromatic heterocycles. The van der Waals surface area contributed by atoms with E-state index in [4.69, 9.17) is 0 Å². The van der Waals surface area contributed by atoms with Gasteiger partial charge in [-0.1, -0.05) is 0 Å². The van der Waals surface area contributed by atoms with Crippen LogP contribution in [0.2, 0.25) is 0 Å². The SMILES string of the molecule is CC(=O)N(CCC(=O)N(C)C1CCS(=O)(=O)C1)CCN(C)C. The van der Waals surface area contributed by atoms with Gasteiger partial charge in [0.15, 0.2) is 9.84 Å². The van der Waals surface area contributed by atoms with Gasteiger partial charge < -0.3 is 14.7 Å². The monoisotopic (exact) mass is 333 g/mol. The highest BCUT2D eigenvalue weighted by atomic mass is 32.2. The number of rotatable bonds is 7. The summed E-state index contributed by atoms with van der Waals surface area (Å²) in [5.74, 6) is 0.0308. The minimum Gasteiger partial charge on any atom is -0.342 e. The molecule has 0 radical (unpaired) electrons. The van der Waals surface area contributed by atoms with Crippen LogP contribution in [0, 0.1) is 0 Å². The number of hydrogen-bond acceptors (Lipinski definition) is 5. The van der Waals surface area contributed by atoms with Crippen molar-refractivity contribution in [1.29, 1.82) is 0 Å². The first kappa shape index (κ1) is 18.9. The summed E-state index contributed by atoms with van der Waals surface area (Å²) < 4.78 is 23.0. The predicted molar refractivity (Wildman–Crippen MR) is 85.3 cm³/mol. The molecule has 8 heteroatoms. The summed E-state index contributed by atoms with van der Waals surface area (Å²) in [6.07, 6.45) is 0.724. The van der Waals surface area contributed by atoms with Gasteiger partial charge in [0.25, 0.3) is 0 Å². The quantitative estimate of drug-likeness (QED) is 0.624. The molecule has 0 N–H and O–H groups in total. The fraction of sp³-hybridized carbons (Fsp3) is 0.857. The standard InChI is InChI=1S/C14H27N3O4S/c1-12(18)17(9-8-15(2)3)7-5-14(19)16(4)13-6-10-22(20,21)11-13/h13H,5-11H2,1-4H3. The molecule has 0 spiro atoms. The summed E-state index contributed by atoms with van der Waals surface area (Å²) in [6.45, 7) is 3.18. The van der Waals surface area contributed by atoms with E-state index in [0.29, 0.717) is 19.5 Å². The Morgan fingerprint density at radius 1 is 1.09 bits per heavy atom. The van der Waals surface area contributed by atoms with Crippen LogP contribution >= 0.6 is 0 Å². The van der Waals surface area contributed by atoms with Crippen molar-refractivity contribution in [1.82, 2.24) is 14.7 Å². The van der Waals surface area contributed by atoms with Crippen LogP contribution in [0.25, 0.3) is 0 Å². The normalized spacial score (nSPS) is 20.1. The number of hydrogen-bond donors (Lipinski definition) is 0. The van der Waals surface area contributed by atoms with Gasteiger partial charge in [-0.05, 0) is 20.5 Å². The molecule has 128 valence electrons. The van der Waals surface area contributed by atoms with Gasteiger partial charge in [0.2, 0.25) is 11.8 Å². The number of carbonyl (C=O) groups excluding carboxylic acids is 2. The lowest BCUT2D eigenvalue weighted by atomic mass is 10.2. The Balaban J connectivity index is 2.47. The maximum Gasteiger partial charge on any atom is 0.224 e. The van der Waals surface area contributed by atoms with E-state index in [0.717, 1.165) is 6.54 Å². The van der Waals surface area contributed by atoms with Crippen molar-refractivity contribution in [2.75, 3.05) is 52.3 Å². The van der Waals surface area contributed by atoms with E-state index in [-0.39, 0.29) is 35.8 Å². The van der Waals surface area contributed by atoms with E-state index < -0.39 is 9.84 Å². The smallest absolute Gasteiger partial charge is 0.224 e. The molecule has 1 heterocycles. The van der Waals surface area contributed by atoms with Crippen molar-refractivity contribution in [3.63, 3.8) is 0 Å². The van der Waals surface area contributed by atoms with Gasteiger partial charge >= 0.3 is 0 Å². The first-order valence-corrected chi connectivity index (χ1v) is 9.31. The first-order valence-electron chi connectivity index (χ1n) is 7.48. The van der Waals surface area contributed by atoms with Crippen LogP contribution in [0.1, 0.15) is 19.8 Å². The van der Waals surface area contributed by atoms with Crippen LogP contribution in [-0.4, -0.2) is 93.3 Å². The summed E-state index contributed by atoms with van der Waals surface area (Å²) in [5.41, 5.74) is 0. The van der Waals surface area contributed by atoms with Crippen LogP contribution in [0.15, 0.2) is 0 Å². The Morgan fingerprint density at radius 3 is 2.18 bits per heavy atom. The summed E-state index contributed by atoms with van der Waals surface area (Å²) in [4.78, 5) is 28.9. The molecule has 0 saturated carbocycles. The molecule has 1 saturated heterocycles. The van der Waals surface area contributed by atoms with E-state index in [2.05, 4.69) is 0 Å². The third kappa shape index (κ3) is 5.92. The minimum atomic E-state index is -3.00. The lowest BCUT2D eigenvalue weighted by molar-refractivity contribution is -0.133. The van der Waals surface area contributed by atoms with Crippen LogP contribution in [0.3, 0.4) is 0 Å². The average molecular weight is 333 g/mol. The summed E-state index contributed by atoms with van der Waals surface area (Å²) in [7, 11) is 2.50. The zero-order valence-corrected chi connectivity index (χ0v) is 14.7. The lowest BCUT2D eigenvalue weighted by Gasteiger charge is -2.26. The number of amides is 2. The fourth-order valence-corrected chi connectivity index (χ4v) is 4.21. The molecule has 1 rings (SSSR count). The van der Waals surface area contributed by atoms with Crippen molar-refractivity contribution in [3.05, 3.63) is 0 Å². The molecule has 1 aliphatic heterocycles. The second-order valence-electron chi connectivity index (χ2n) is 6.12. The molecular formula is C14H27N3O4S. The number of sulfone groups is 1. The van der Waals surface area contributed by atoms with Crippen molar-refractivity contribution < 1.29 is 18.0 Å². The van der Waals surface area contributed by atoms with E-state index in [1.165, 1.54) is 11.8 Å². The number of carbonyl (C=O) groups is 2. The van der Waals surface area contributed by atoms with E-state index in [9.17, 15) is 18.0 Å². The van der Waals surface area contributed by atoms with Crippen molar-refractivity contribution >= 4 is 21.7 Å². The third-order valence-corrected chi connectivity index (χ3v) is 5.76. The van der Waals surface area contributed by atoms with E-state index in [1.54, 1.807) is 11.9 Å². The predicted octanol–water partition coefficient (Wildman–Crippen LogP) is -0.568. The molecule has 1 atom stereocenters. The van der Waals surface area contributed by atoms with Gasteiger partial charge in [-0.2, -0.15) is 0 Å². The maximum absolute atomic E-state index is 12.2. The molecule has 0 bridgehead atoms. The Labute approximate surface area is 133 Å². The second-order valence-corrected chi connectivity index (χ2v) is 8.35. The molecule has 0 aliphatic carbocycles. The average Bonchev–Trinajstić information content (AvgIpc) is 2.77. The zero-order chi connectivity index (χ0) is 16.9. The summed E-state index contributed by atoms with van der Waals surface area (Å²) in [5, 5.41) is 0. The Kier molecular flexibility index (Phi) is 6.80. The molecule has 1 unspecified atom stereocenters. The molecule has 1 aliphatic rings. The second kappa shape index (κ2) is 7.92. The van der Waals surface area contributed by atoms with Crippen LogP contribution in [0.5, 0.6) is 0 Å². The topological polar surface area (TPSA) is 78.0 Å². The van der Waals surface area contributed by atoms with Gasteiger partial charge in [-0.15, -0.1) is 0 Å². The molecular weight excluding hydrogens is 306 g/mol. The van der Waals surface area contributed by atoms with Gasteiger partial charge in [0, 0.05) is 46.1 Å². The molecule has 2 amide bonds. The third-order valence-electron chi connectivity index (χ3n) is 4.01. The molecule has 22 heavy (non-hydrogen) atoms. The van der Waals surface area contributed by atoms with Crippen LogP contribution in [-0.2, 0) is 19.4 Å². The summed E-state index contributed by atoms with van der Waals surface area (Å²) >= 11 is 0. The lowest BCUT2D eigenvalue weighted by Crippen LogP contribution is -2.41. The van der Waals surface area contributed by atoms with E-state index >= 15 is 0 Å². The van der Waals surface area contributed by atoms with Gasteiger partial charge in [-0.25, -0.2) is 8.42 Å². The fourth-order valence-electron chi connectivity index (χ4n) is 2.44. The van der Waals surface area contributed by atoms with E-state index in [1.807, 2.05) is 19.0 Å². The van der Waals surface area contributed by atoms with Gasteiger partial charge in [0.1, 0.15) is 0 Å². The molecule has 1 fully saturated rings.